The molecule has 0 radical (unpaired) electrons. The van der Waals surface area contributed by atoms with Crippen molar-refractivity contribution in [3.8, 4) is 0 Å². The number of nitrogens with two attached hydrogens (primary N) is 1. The summed E-state index contributed by atoms with van der Waals surface area (Å²) >= 11 is 0. The van der Waals surface area contributed by atoms with E-state index in [-0.39, 0.29) is 13.2 Å². The monoisotopic (exact) mass is 535 g/mol. The first-order valence-corrected chi connectivity index (χ1v) is 13.0. The van der Waals surface area contributed by atoms with Crippen LogP contribution in [0.4, 0.5) is 4.79 Å². The lowest BCUT2D eigenvalue weighted by Crippen LogP contribution is -2.77. The zero-order valence-corrected chi connectivity index (χ0v) is 21.7. The number of amides is 2. The number of alkyl carbamates (subject to hydrolysis) is 1. The van der Waals surface area contributed by atoms with Gasteiger partial charge in [-0.05, 0) is 24.0 Å². The van der Waals surface area contributed by atoms with E-state index in [4.69, 9.17) is 10.5 Å². The Labute approximate surface area is 216 Å². The molecule has 0 bridgehead atoms. The average molecular weight is 536 g/mol. The van der Waals surface area contributed by atoms with Crippen LogP contribution in [0.3, 0.4) is 0 Å². The molecule has 2 amide bonds. The molecule has 12 heteroatoms. The molecule has 2 aromatic carbocycles. The molecule has 0 fully saturated rings. The SMILES string of the molecule is CCNC(=O)C(O)(C(N)(Cc1ccccc1)C(=O)[C@@H](NC(=O)OCc1ccccc1)C(C)C)S(=O)(=O)O. The standard InChI is InChI=1S/C25H33N3O8S/c1-4-27-22(30)25(32,37(33,34)35)24(26,15-18-11-7-5-8-12-18)21(29)20(17(2)3)28-23(31)36-16-19-13-9-6-10-14-19/h5-14,17,20,32H,4,15-16,26H2,1-3H3,(H,27,30)(H,28,31)(H,33,34,35)/t20-,24?,25?/m0/s1. The Morgan fingerprint density at radius 2 is 1.51 bits per heavy atom. The minimum Gasteiger partial charge on any atom is -0.445 e. The summed E-state index contributed by atoms with van der Waals surface area (Å²) in [6.07, 6.45) is -1.67. The third-order valence-corrected chi connectivity index (χ3v) is 7.12. The number of nitrogens with one attached hydrogen (secondary N) is 2. The lowest BCUT2D eigenvalue weighted by Gasteiger charge is -2.42. The van der Waals surface area contributed by atoms with Gasteiger partial charge < -0.3 is 26.2 Å². The molecule has 2 aromatic rings. The second-order valence-corrected chi connectivity index (χ2v) is 10.4. The highest BCUT2D eigenvalue weighted by molar-refractivity contribution is 7.88. The Morgan fingerprint density at radius 3 is 1.97 bits per heavy atom. The van der Waals surface area contributed by atoms with Crippen LogP contribution in [0.25, 0.3) is 0 Å². The van der Waals surface area contributed by atoms with Crippen LogP contribution in [0.1, 0.15) is 31.9 Å². The first-order chi connectivity index (χ1) is 17.3. The van der Waals surface area contributed by atoms with Gasteiger partial charge in [0.1, 0.15) is 12.1 Å². The van der Waals surface area contributed by atoms with E-state index in [0.717, 1.165) is 0 Å². The van der Waals surface area contributed by atoms with Crippen molar-refractivity contribution in [2.45, 2.75) is 50.3 Å². The maximum absolute atomic E-state index is 13.9. The van der Waals surface area contributed by atoms with Crippen LogP contribution in [0.15, 0.2) is 60.7 Å². The van der Waals surface area contributed by atoms with E-state index in [0.29, 0.717) is 11.1 Å². The highest BCUT2D eigenvalue weighted by atomic mass is 32.2. The van der Waals surface area contributed by atoms with Crippen LogP contribution in [-0.4, -0.2) is 58.9 Å². The Balaban J connectivity index is 2.52. The molecule has 11 nitrogen and oxygen atoms in total. The van der Waals surface area contributed by atoms with Gasteiger partial charge in [-0.3, -0.25) is 14.1 Å². The lowest BCUT2D eigenvalue weighted by molar-refractivity contribution is -0.147. The van der Waals surface area contributed by atoms with Crippen molar-refractivity contribution in [2.24, 2.45) is 11.7 Å². The Bertz CT molecular complexity index is 1190. The van der Waals surface area contributed by atoms with E-state index in [1.54, 1.807) is 62.4 Å². The van der Waals surface area contributed by atoms with Crippen molar-refractivity contribution in [3.63, 3.8) is 0 Å². The summed E-state index contributed by atoms with van der Waals surface area (Å²) in [7, 11) is -5.69. The Morgan fingerprint density at radius 1 is 1.00 bits per heavy atom. The zero-order chi connectivity index (χ0) is 27.9. The van der Waals surface area contributed by atoms with E-state index < -0.39 is 56.8 Å². The van der Waals surface area contributed by atoms with Gasteiger partial charge in [0.05, 0.1) is 6.04 Å². The van der Waals surface area contributed by atoms with Crippen LogP contribution in [0.2, 0.25) is 0 Å². The van der Waals surface area contributed by atoms with Crippen LogP contribution in [0, 0.1) is 5.92 Å². The van der Waals surface area contributed by atoms with Crippen molar-refractivity contribution in [3.05, 3.63) is 71.8 Å². The number of benzene rings is 2. The number of Topliss-reactive ketones (excluding diaryl/α,β-unsaturated/α-hetero) is 1. The van der Waals surface area contributed by atoms with Crippen LogP contribution in [-0.2, 0) is 37.5 Å². The molecule has 37 heavy (non-hydrogen) atoms. The fraction of sp³-hybridized carbons (Fsp3) is 0.400. The third kappa shape index (κ3) is 6.72. The van der Waals surface area contributed by atoms with Gasteiger partial charge in [-0.15, -0.1) is 0 Å². The number of aliphatic hydroxyl groups is 1. The predicted molar refractivity (Wildman–Crippen MR) is 136 cm³/mol. The van der Waals surface area contributed by atoms with Gasteiger partial charge in [0.25, 0.3) is 10.8 Å². The smallest absolute Gasteiger partial charge is 0.408 e. The summed E-state index contributed by atoms with van der Waals surface area (Å²) in [4.78, 5) is 35.6. The molecule has 0 aliphatic rings. The predicted octanol–water partition coefficient (Wildman–Crippen LogP) is 1.16. The summed E-state index contributed by atoms with van der Waals surface area (Å²) in [5.41, 5.74) is 4.40. The molecule has 0 saturated carbocycles. The topological polar surface area (TPSA) is 185 Å². The number of likely N-dealkylation sites (N-methyl/N-ethyl adjacent to an activating group) is 1. The highest BCUT2D eigenvalue weighted by Crippen LogP contribution is 2.33. The molecular weight excluding hydrogens is 502 g/mol. The van der Waals surface area contributed by atoms with Crippen molar-refractivity contribution in [1.29, 1.82) is 0 Å². The molecule has 0 spiro atoms. The van der Waals surface area contributed by atoms with Crippen LogP contribution in [0.5, 0.6) is 0 Å². The number of hydrogen-bond acceptors (Lipinski definition) is 8. The number of carbonyl (C=O) groups is 3. The lowest BCUT2D eigenvalue weighted by atomic mass is 9.76. The van der Waals surface area contributed by atoms with Gasteiger partial charge in [0.15, 0.2) is 5.78 Å². The third-order valence-electron chi connectivity index (χ3n) is 5.82. The number of carbonyl (C=O) groups excluding carboxylic acids is 3. The van der Waals surface area contributed by atoms with Crippen molar-refractivity contribution >= 4 is 27.9 Å². The van der Waals surface area contributed by atoms with Gasteiger partial charge in [0, 0.05) is 13.0 Å². The fourth-order valence-electron chi connectivity index (χ4n) is 3.83. The molecule has 0 aromatic heterocycles. The molecule has 3 atom stereocenters. The van der Waals surface area contributed by atoms with E-state index >= 15 is 0 Å². The van der Waals surface area contributed by atoms with E-state index in [9.17, 15) is 32.5 Å². The number of rotatable bonds is 12. The minimum atomic E-state index is -5.69. The van der Waals surface area contributed by atoms with E-state index in [2.05, 4.69) is 10.6 Å². The largest absolute Gasteiger partial charge is 0.445 e. The average Bonchev–Trinajstić information content (AvgIpc) is 2.85. The molecule has 0 saturated heterocycles. The molecule has 2 unspecified atom stereocenters. The maximum atomic E-state index is 13.9. The fourth-order valence-corrected chi connectivity index (χ4v) is 4.77. The quantitative estimate of drug-likeness (QED) is 0.249. The molecule has 0 aliphatic carbocycles. The van der Waals surface area contributed by atoms with Crippen molar-refractivity contribution < 1.29 is 37.2 Å². The number of ketones is 1. The van der Waals surface area contributed by atoms with Crippen molar-refractivity contribution in [2.75, 3.05) is 6.54 Å². The van der Waals surface area contributed by atoms with Gasteiger partial charge in [-0.2, -0.15) is 8.42 Å². The Kier molecular flexibility index (Phi) is 9.93. The van der Waals surface area contributed by atoms with Crippen molar-refractivity contribution in [1.82, 2.24) is 10.6 Å². The van der Waals surface area contributed by atoms with E-state index in [1.165, 1.54) is 19.1 Å². The Hall–Kier alpha value is -3.32. The van der Waals surface area contributed by atoms with Gasteiger partial charge >= 0.3 is 16.2 Å². The van der Waals surface area contributed by atoms with Crippen LogP contribution < -0.4 is 16.4 Å². The maximum Gasteiger partial charge on any atom is 0.408 e. The van der Waals surface area contributed by atoms with Gasteiger partial charge in [-0.25, -0.2) is 4.79 Å². The zero-order valence-electron chi connectivity index (χ0n) is 20.9. The number of ether oxygens (including phenoxy) is 1. The second-order valence-electron chi connectivity index (χ2n) is 8.90. The molecule has 6 N–H and O–H groups in total. The second kappa shape index (κ2) is 12.3. The first-order valence-electron chi connectivity index (χ1n) is 11.6. The van der Waals surface area contributed by atoms with Gasteiger partial charge in [0.2, 0.25) is 0 Å². The molecular formula is C25H33N3O8S. The minimum absolute atomic E-state index is 0.114. The molecule has 2 rings (SSSR count). The summed E-state index contributed by atoms with van der Waals surface area (Å²) in [5, 5.41) is 15.8. The summed E-state index contributed by atoms with van der Waals surface area (Å²) in [6, 6.07) is 15.1. The number of hydrogen-bond donors (Lipinski definition) is 5. The van der Waals surface area contributed by atoms with E-state index in [1.807, 2.05) is 0 Å². The molecule has 0 aliphatic heterocycles. The normalized spacial score (nSPS) is 15.6. The van der Waals surface area contributed by atoms with Crippen LogP contribution >= 0.6 is 0 Å². The van der Waals surface area contributed by atoms with Gasteiger partial charge in [-0.1, -0.05) is 74.5 Å². The summed E-state index contributed by atoms with van der Waals surface area (Å²) in [5.74, 6) is -3.47. The highest BCUT2D eigenvalue weighted by Gasteiger charge is 2.67. The molecule has 202 valence electrons. The summed E-state index contributed by atoms with van der Waals surface area (Å²) in [6.45, 7) is 4.28. The summed E-state index contributed by atoms with van der Waals surface area (Å²) < 4.78 is 40.2. The molecule has 0 heterocycles. The first kappa shape index (κ1) is 29.9.